The van der Waals surface area contributed by atoms with E-state index in [0.29, 0.717) is 0 Å². The molecular weight excluding hydrogens is 169 g/mol. The van der Waals surface area contributed by atoms with Crippen molar-refractivity contribution in [1.82, 2.24) is 10.5 Å². The third-order valence-corrected chi connectivity index (χ3v) is 0.887. The molecule has 0 aliphatic carbocycles. The van der Waals surface area contributed by atoms with Gasteiger partial charge in [0.05, 0.1) is 0 Å². The van der Waals surface area contributed by atoms with Gasteiger partial charge in [0.15, 0.2) is 0 Å². The highest BCUT2D eigenvalue weighted by molar-refractivity contribution is 7.80. The molecule has 0 aromatic rings. The second-order valence-electron chi connectivity index (χ2n) is 1.32. The van der Waals surface area contributed by atoms with Gasteiger partial charge in [-0.3, -0.25) is 4.79 Å². The number of carbonyl (C=O) groups excluding carboxylic acids is 1. The van der Waals surface area contributed by atoms with E-state index in [1.165, 1.54) is 0 Å². The second-order valence-corrected chi connectivity index (χ2v) is 1.68. The molecule has 7 heteroatoms. The van der Waals surface area contributed by atoms with E-state index in [-0.39, 0.29) is 0 Å². The molecule has 0 spiro atoms. The Labute approximate surface area is 59.8 Å². The summed E-state index contributed by atoms with van der Waals surface area (Å²) in [4.78, 5) is 9.99. The number of hydrogen-bond donors (Lipinski definition) is 0. The van der Waals surface area contributed by atoms with Crippen molar-refractivity contribution in [2.75, 3.05) is 0 Å². The van der Waals surface area contributed by atoms with Crippen LogP contribution in [0.2, 0.25) is 0 Å². The Hall–Kier alpha value is -0.850. The number of carbonyl (C=O) groups is 1. The SMILES string of the molecule is CC(=O)N(F)C(=S)N(F)F. The highest BCUT2D eigenvalue weighted by Crippen LogP contribution is 2.01. The van der Waals surface area contributed by atoms with E-state index in [1.807, 2.05) is 0 Å². The Morgan fingerprint density at radius 3 is 1.90 bits per heavy atom. The summed E-state index contributed by atoms with van der Waals surface area (Å²) >= 11 is 3.78. The van der Waals surface area contributed by atoms with E-state index in [0.717, 1.165) is 6.92 Å². The Morgan fingerprint density at radius 2 is 1.80 bits per heavy atom. The number of amides is 1. The van der Waals surface area contributed by atoms with Gasteiger partial charge in [-0.15, -0.1) is 5.12 Å². The van der Waals surface area contributed by atoms with Crippen molar-refractivity contribution in [3.8, 4) is 0 Å². The lowest BCUT2D eigenvalue weighted by molar-refractivity contribution is -0.143. The molecule has 0 N–H and O–H groups in total. The van der Waals surface area contributed by atoms with Gasteiger partial charge in [0.1, 0.15) is 0 Å². The minimum absolute atomic E-state index is 0.774. The van der Waals surface area contributed by atoms with Crippen molar-refractivity contribution < 1.29 is 18.2 Å². The summed E-state index contributed by atoms with van der Waals surface area (Å²) in [6.45, 7) is 0.774. The van der Waals surface area contributed by atoms with Crippen LogP contribution in [0.15, 0.2) is 0 Å². The second kappa shape index (κ2) is 3.35. The molecule has 58 valence electrons. The predicted octanol–water partition coefficient (Wildman–Crippen LogP) is 1.08. The zero-order chi connectivity index (χ0) is 8.31. The first-order valence-corrected chi connectivity index (χ1v) is 2.49. The van der Waals surface area contributed by atoms with E-state index < -0.39 is 21.5 Å². The Morgan fingerprint density at radius 1 is 1.40 bits per heavy atom. The topological polar surface area (TPSA) is 23.6 Å². The number of halogens is 3. The smallest absolute Gasteiger partial charge is 0.271 e. The van der Waals surface area contributed by atoms with Gasteiger partial charge in [0.2, 0.25) is 0 Å². The zero-order valence-electron chi connectivity index (χ0n) is 4.84. The number of nitrogens with zero attached hydrogens (tertiary/aromatic N) is 2. The fourth-order valence-corrected chi connectivity index (χ4v) is 0.330. The third kappa shape index (κ3) is 2.18. The van der Waals surface area contributed by atoms with Crippen LogP contribution in [0.25, 0.3) is 0 Å². The molecule has 0 aromatic carbocycles. The Bertz CT molecular complexity index is 162. The van der Waals surface area contributed by atoms with Crippen LogP contribution in [0, 0.1) is 0 Å². The van der Waals surface area contributed by atoms with Crippen LogP contribution in [0.5, 0.6) is 0 Å². The van der Waals surface area contributed by atoms with E-state index in [2.05, 4.69) is 12.2 Å². The fraction of sp³-hybridized carbons (Fsp3) is 0.333. The molecule has 0 bridgehead atoms. The van der Waals surface area contributed by atoms with Crippen LogP contribution in [0.4, 0.5) is 13.4 Å². The van der Waals surface area contributed by atoms with Gasteiger partial charge in [-0.25, -0.2) is 0 Å². The summed E-state index contributed by atoms with van der Waals surface area (Å²) in [6.07, 6.45) is 0. The summed E-state index contributed by atoms with van der Waals surface area (Å²) in [7, 11) is 0. The molecule has 0 heterocycles. The minimum Gasteiger partial charge on any atom is -0.272 e. The number of hydrogen-bond acceptors (Lipinski definition) is 2. The van der Waals surface area contributed by atoms with Gasteiger partial charge >= 0.3 is 0 Å². The third-order valence-electron chi connectivity index (χ3n) is 0.589. The normalized spacial score (nSPS) is 8.80. The summed E-state index contributed by atoms with van der Waals surface area (Å²) in [6, 6.07) is 0. The molecule has 0 aliphatic rings. The van der Waals surface area contributed by atoms with Crippen molar-refractivity contribution >= 4 is 23.2 Å². The van der Waals surface area contributed by atoms with Crippen molar-refractivity contribution in [1.29, 1.82) is 0 Å². The quantitative estimate of drug-likeness (QED) is 0.403. The van der Waals surface area contributed by atoms with Gasteiger partial charge in [0, 0.05) is 6.92 Å². The van der Waals surface area contributed by atoms with Gasteiger partial charge in [-0.2, -0.15) is 0 Å². The van der Waals surface area contributed by atoms with Gasteiger partial charge in [-0.1, -0.05) is 13.4 Å². The lowest BCUT2D eigenvalue weighted by atomic mass is 10.7. The van der Waals surface area contributed by atoms with E-state index in [1.54, 1.807) is 0 Å². The lowest BCUT2D eigenvalue weighted by Crippen LogP contribution is -2.32. The molecule has 0 saturated heterocycles. The van der Waals surface area contributed by atoms with Crippen LogP contribution in [0.1, 0.15) is 6.92 Å². The first-order chi connectivity index (χ1) is 4.46. The van der Waals surface area contributed by atoms with Crippen molar-refractivity contribution in [3.63, 3.8) is 0 Å². The minimum atomic E-state index is -1.66. The van der Waals surface area contributed by atoms with Crippen LogP contribution in [-0.2, 0) is 4.79 Å². The van der Waals surface area contributed by atoms with Crippen molar-refractivity contribution in [2.45, 2.75) is 6.92 Å². The highest BCUT2D eigenvalue weighted by atomic mass is 32.1. The highest BCUT2D eigenvalue weighted by Gasteiger charge is 2.19. The molecule has 0 radical (unpaired) electrons. The van der Waals surface area contributed by atoms with E-state index in [9.17, 15) is 18.2 Å². The molecule has 0 aromatic heterocycles. The van der Waals surface area contributed by atoms with Gasteiger partial charge in [0.25, 0.3) is 11.0 Å². The van der Waals surface area contributed by atoms with E-state index in [4.69, 9.17) is 0 Å². The molecule has 1 amide bonds. The Balaban J connectivity index is 4.08. The largest absolute Gasteiger partial charge is 0.272 e. The molecule has 0 saturated carbocycles. The zero-order valence-corrected chi connectivity index (χ0v) is 5.66. The summed E-state index contributed by atoms with van der Waals surface area (Å²) in [5.41, 5.74) is 0. The monoisotopic (exact) mass is 172 g/mol. The first kappa shape index (κ1) is 9.15. The maximum Gasteiger partial charge on any atom is 0.271 e. The van der Waals surface area contributed by atoms with E-state index >= 15 is 0 Å². The molecular formula is C3H3F3N2OS. The van der Waals surface area contributed by atoms with Gasteiger partial charge in [-0.05, 0) is 17.6 Å². The Kier molecular flexibility index (Phi) is 3.07. The number of thiocarbonyl (C=S) groups is 1. The van der Waals surface area contributed by atoms with Crippen molar-refractivity contribution in [2.24, 2.45) is 0 Å². The van der Waals surface area contributed by atoms with Crippen LogP contribution >= 0.6 is 12.2 Å². The summed E-state index contributed by atoms with van der Waals surface area (Å²) in [5, 5.41) is -3.95. The number of rotatable bonds is 0. The summed E-state index contributed by atoms with van der Waals surface area (Å²) in [5.74, 6) is -1.19. The molecule has 3 nitrogen and oxygen atoms in total. The van der Waals surface area contributed by atoms with Crippen LogP contribution in [0.3, 0.4) is 0 Å². The fourth-order valence-electron chi connectivity index (χ4n) is 0.201. The molecule has 0 aliphatic heterocycles. The lowest BCUT2D eigenvalue weighted by Gasteiger charge is -2.08. The average Bonchev–Trinajstić information content (AvgIpc) is 1.84. The molecule has 10 heavy (non-hydrogen) atoms. The first-order valence-electron chi connectivity index (χ1n) is 2.09. The van der Waals surface area contributed by atoms with Crippen LogP contribution in [-0.4, -0.2) is 21.5 Å². The standard InChI is InChI=1S/C3H3F3N2OS/c1-2(9)7(4)3(10)8(5)6/h1H3. The van der Waals surface area contributed by atoms with Crippen molar-refractivity contribution in [3.05, 3.63) is 0 Å². The maximum atomic E-state index is 12.0. The molecule has 0 unspecified atom stereocenters. The molecule has 0 fully saturated rings. The van der Waals surface area contributed by atoms with Gasteiger partial charge < -0.3 is 0 Å². The summed E-state index contributed by atoms with van der Waals surface area (Å²) < 4.78 is 34.6. The maximum absolute atomic E-state index is 12.0. The predicted molar refractivity (Wildman–Crippen MR) is 30.3 cm³/mol. The molecule has 0 rings (SSSR count). The van der Waals surface area contributed by atoms with Crippen LogP contribution < -0.4 is 0 Å². The average molecular weight is 172 g/mol. The molecule has 0 atom stereocenters.